The molecule has 0 saturated carbocycles. The Morgan fingerprint density at radius 2 is 2.13 bits per heavy atom. The van der Waals surface area contributed by atoms with E-state index in [-0.39, 0.29) is 24.5 Å². The predicted molar refractivity (Wildman–Crippen MR) is 125 cm³/mol. The fourth-order valence-corrected chi connectivity index (χ4v) is 3.80. The molecule has 1 aliphatic rings. The first-order valence-corrected chi connectivity index (χ1v) is 10.6. The van der Waals surface area contributed by atoms with Gasteiger partial charge in [-0.1, -0.05) is 38.6 Å². The molecule has 2 aromatic carbocycles. The number of aliphatic hydroxyl groups excluding tert-OH is 1. The van der Waals surface area contributed by atoms with Gasteiger partial charge in [0.25, 0.3) is 0 Å². The van der Waals surface area contributed by atoms with E-state index < -0.39 is 0 Å². The second kappa shape index (κ2) is 9.90. The minimum absolute atomic E-state index is 0.125. The Morgan fingerprint density at radius 1 is 1.35 bits per heavy atom. The molecule has 0 amide bonds. The zero-order valence-corrected chi connectivity index (χ0v) is 18.4. The fourth-order valence-electron chi connectivity index (χ4n) is 3.80. The van der Waals surface area contributed by atoms with Crippen LogP contribution < -0.4 is 15.8 Å². The average molecular weight is 422 g/mol. The third-order valence-electron chi connectivity index (χ3n) is 5.50. The molecular formula is C25H31N3O3. The summed E-state index contributed by atoms with van der Waals surface area (Å²) in [5.41, 5.74) is 12.4. The number of nitrogens with one attached hydrogen (secondary N) is 1. The predicted octanol–water partition coefficient (Wildman–Crippen LogP) is 3.88. The molecule has 164 valence electrons. The molecule has 0 aliphatic heterocycles. The number of hydrogen-bond acceptors (Lipinski definition) is 6. The highest BCUT2D eigenvalue weighted by Gasteiger charge is 2.24. The summed E-state index contributed by atoms with van der Waals surface area (Å²) in [6, 6.07) is 11.8. The normalized spacial score (nSPS) is 15.8. The Morgan fingerprint density at radius 3 is 2.81 bits per heavy atom. The van der Waals surface area contributed by atoms with Gasteiger partial charge in [-0.05, 0) is 54.7 Å². The highest BCUT2D eigenvalue weighted by atomic mass is 16.5. The number of nitrogens with zero attached hydrogens (tertiary/aromatic N) is 1. The zero-order valence-electron chi connectivity index (χ0n) is 18.4. The van der Waals surface area contributed by atoms with Crippen molar-refractivity contribution in [3.05, 3.63) is 65.2 Å². The van der Waals surface area contributed by atoms with Crippen LogP contribution in [0.5, 0.6) is 5.75 Å². The van der Waals surface area contributed by atoms with Gasteiger partial charge in [-0.25, -0.2) is 0 Å². The van der Waals surface area contributed by atoms with Gasteiger partial charge >= 0.3 is 5.97 Å². The molecule has 1 atom stereocenters. The van der Waals surface area contributed by atoms with Crippen LogP contribution in [0.4, 0.5) is 5.69 Å². The van der Waals surface area contributed by atoms with Crippen LogP contribution in [0.1, 0.15) is 55.5 Å². The monoisotopic (exact) mass is 421 g/mol. The van der Waals surface area contributed by atoms with Gasteiger partial charge in [-0.15, -0.1) is 0 Å². The topological polar surface area (TPSA) is 96.9 Å². The van der Waals surface area contributed by atoms with Gasteiger partial charge in [0.2, 0.25) is 0 Å². The smallest absolute Gasteiger partial charge is 0.313 e. The lowest BCUT2D eigenvalue weighted by Crippen LogP contribution is -2.22. The lowest BCUT2D eigenvalue weighted by Gasteiger charge is -2.14. The molecule has 2 aromatic rings. The van der Waals surface area contributed by atoms with E-state index in [1.165, 1.54) is 11.1 Å². The maximum Gasteiger partial charge on any atom is 0.313 e. The average Bonchev–Trinajstić information content (AvgIpc) is 3.16. The van der Waals surface area contributed by atoms with E-state index in [4.69, 9.17) is 20.6 Å². The van der Waals surface area contributed by atoms with E-state index in [2.05, 4.69) is 24.0 Å². The Balaban J connectivity index is 1.80. The number of carbonyl (C=O) groups is 1. The number of nitrogens with two attached hydrogens (primary N) is 1. The van der Waals surface area contributed by atoms with Crippen molar-refractivity contribution in [2.45, 2.75) is 39.7 Å². The number of carbonyl (C=O) groups excluding carboxylic acids is 1. The van der Waals surface area contributed by atoms with Crippen LogP contribution in [0.2, 0.25) is 0 Å². The quantitative estimate of drug-likeness (QED) is 0.260. The molecule has 0 radical (unpaired) electrons. The molecule has 1 aliphatic carbocycles. The molecular weight excluding hydrogens is 390 g/mol. The van der Waals surface area contributed by atoms with Gasteiger partial charge in [-0.3, -0.25) is 9.79 Å². The molecule has 3 rings (SSSR count). The number of aliphatic imine (C=N–C) groups is 1. The molecule has 0 bridgehead atoms. The van der Waals surface area contributed by atoms with Crippen LogP contribution in [-0.4, -0.2) is 29.9 Å². The van der Waals surface area contributed by atoms with Crippen molar-refractivity contribution in [1.29, 1.82) is 0 Å². The fraction of sp³-hybridized carbons (Fsp3) is 0.360. The molecule has 6 nitrogen and oxygen atoms in total. The molecule has 0 fully saturated rings. The standard InChI is InChI=1S/C25H31N3O3/c1-15(2)25(30)31-24-11-8-18(14-22(24)26)16(3)28-17(4)19-6-5-7-21-20(19)9-10-23(21)27-12-13-29/h5-8,11,14-15,23,27,29H,4,9-10,12-13,26H2,1-3H3/b28-16+. The summed E-state index contributed by atoms with van der Waals surface area (Å²) >= 11 is 0. The molecule has 0 saturated heterocycles. The largest absolute Gasteiger partial charge is 0.424 e. The van der Waals surface area contributed by atoms with Gasteiger partial charge in [0.1, 0.15) is 0 Å². The van der Waals surface area contributed by atoms with Crippen molar-refractivity contribution in [2.75, 3.05) is 18.9 Å². The lowest BCUT2D eigenvalue weighted by molar-refractivity contribution is -0.137. The van der Waals surface area contributed by atoms with Crippen LogP contribution >= 0.6 is 0 Å². The Hall–Kier alpha value is -2.96. The number of anilines is 1. The Labute approximate surface area is 183 Å². The molecule has 6 heteroatoms. The highest BCUT2D eigenvalue weighted by Crippen LogP contribution is 2.36. The number of hydrogen-bond donors (Lipinski definition) is 3. The summed E-state index contributed by atoms with van der Waals surface area (Å²) in [6.45, 7) is 10.4. The van der Waals surface area contributed by atoms with Crippen LogP contribution in [0.3, 0.4) is 0 Å². The van der Waals surface area contributed by atoms with Crippen LogP contribution in [0, 0.1) is 5.92 Å². The van der Waals surface area contributed by atoms with Gasteiger partial charge in [0, 0.05) is 23.9 Å². The Bertz CT molecular complexity index is 1010. The van der Waals surface area contributed by atoms with E-state index >= 15 is 0 Å². The first-order valence-electron chi connectivity index (χ1n) is 10.6. The van der Waals surface area contributed by atoms with Gasteiger partial charge in [0.15, 0.2) is 5.75 Å². The van der Waals surface area contributed by atoms with Crippen LogP contribution in [0.15, 0.2) is 48.0 Å². The molecule has 0 spiro atoms. The van der Waals surface area contributed by atoms with Crippen LogP contribution in [-0.2, 0) is 11.2 Å². The number of aliphatic hydroxyl groups is 1. The van der Waals surface area contributed by atoms with Crippen molar-refractivity contribution in [2.24, 2.45) is 10.9 Å². The number of fused-ring (bicyclic) bond motifs is 1. The zero-order chi connectivity index (χ0) is 22.5. The SMILES string of the molecule is C=C(/N=C(\C)c1ccc(OC(=O)C(C)C)c(N)c1)c1cccc2c1CCC2NCCO. The Kier molecular flexibility index (Phi) is 7.25. The van der Waals surface area contributed by atoms with Crippen molar-refractivity contribution in [3.8, 4) is 5.75 Å². The molecule has 0 heterocycles. The summed E-state index contributed by atoms with van der Waals surface area (Å²) in [5.74, 6) is -0.184. The summed E-state index contributed by atoms with van der Waals surface area (Å²) in [7, 11) is 0. The molecule has 1 unspecified atom stereocenters. The number of benzene rings is 2. The minimum atomic E-state index is -0.317. The van der Waals surface area contributed by atoms with E-state index in [0.29, 0.717) is 23.7 Å². The van der Waals surface area contributed by atoms with Gasteiger partial charge in [0.05, 0.1) is 23.9 Å². The highest BCUT2D eigenvalue weighted by molar-refractivity contribution is 6.02. The van der Waals surface area contributed by atoms with Gasteiger partial charge < -0.3 is 20.9 Å². The van der Waals surface area contributed by atoms with E-state index in [1.54, 1.807) is 26.0 Å². The number of nitrogen functional groups attached to an aromatic ring is 1. The number of ether oxygens (including phenoxy) is 1. The van der Waals surface area contributed by atoms with E-state index in [0.717, 1.165) is 29.7 Å². The lowest BCUT2D eigenvalue weighted by atomic mass is 10.00. The second-order valence-electron chi connectivity index (χ2n) is 8.11. The molecule has 0 aromatic heterocycles. The van der Waals surface area contributed by atoms with E-state index in [9.17, 15) is 4.79 Å². The first kappa shape index (κ1) is 22.7. The van der Waals surface area contributed by atoms with E-state index in [1.807, 2.05) is 19.1 Å². The first-order chi connectivity index (χ1) is 14.8. The number of rotatable bonds is 8. The third kappa shape index (κ3) is 5.21. The summed E-state index contributed by atoms with van der Waals surface area (Å²) in [6.07, 6.45) is 1.94. The minimum Gasteiger partial charge on any atom is -0.424 e. The second-order valence-corrected chi connectivity index (χ2v) is 8.11. The van der Waals surface area contributed by atoms with Crippen molar-refractivity contribution in [3.63, 3.8) is 0 Å². The summed E-state index contributed by atoms with van der Waals surface area (Å²) in [4.78, 5) is 16.6. The summed E-state index contributed by atoms with van der Waals surface area (Å²) in [5, 5.41) is 12.5. The van der Waals surface area contributed by atoms with Crippen molar-refractivity contribution in [1.82, 2.24) is 5.32 Å². The maximum absolute atomic E-state index is 11.8. The molecule has 31 heavy (non-hydrogen) atoms. The van der Waals surface area contributed by atoms with Gasteiger partial charge in [-0.2, -0.15) is 0 Å². The number of esters is 1. The van der Waals surface area contributed by atoms with Crippen molar-refractivity contribution >= 4 is 23.1 Å². The maximum atomic E-state index is 11.8. The summed E-state index contributed by atoms with van der Waals surface area (Å²) < 4.78 is 5.34. The molecule has 4 N–H and O–H groups in total. The van der Waals surface area contributed by atoms with Crippen LogP contribution in [0.25, 0.3) is 5.70 Å². The third-order valence-corrected chi connectivity index (χ3v) is 5.50. The van der Waals surface area contributed by atoms with Crippen molar-refractivity contribution < 1.29 is 14.6 Å².